The zero-order valence-electron chi connectivity index (χ0n) is 8.71. The summed E-state index contributed by atoms with van der Waals surface area (Å²) in [6.45, 7) is 2.18. The van der Waals surface area contributed by atoms with Gasteiger partial charge in [0.25, 0.3) is 0 Å². The summed E-state index contributed by atoms with van der Waals surface area (Å²) in [6, 6.07) is 0. The fourth-order valence-corrected chi connectivity index (χ4v) is 1.56. The Morgan fingerprint density at radius 3 is 3.13 bits per heavy atom. The number of nitrogens with zero attached hydrogens (tertiary/aromatic N) is 3. The minimum Gasteiger partial charge on any atom is -0.463 e. The van der Waals surface area contributed by atoms with Gasteiger partial charge in [-0.15, -0.1) is 10.2 Å². The molecule has 0 aliphatic carbocycles. The van der Waals surface area contributed by atoms with Gasteiger partial charge in [-0.25, -0.2) is 4.79 Å². The number of aryl methyl sites for hydroxylation is 1. The predicted octanol–water partition coefficient (Wildman–Crippen LogP) is 1.03. The Hall–Kier alpha value is -1.30. The molecule has 1 aromatic rings. The number of carbonyl (C=O) groups is 1. The van der Waals surface area contributed by atoms with E-state index in [-0.39, 0.29) is 5.97 Å². The van der Waals surface area contributed by atoms with Gasteiger partial charge in [0.15, 0.2) is 5.16 Å². The van der Waals surface area contributed by atoms with E-state index in [9.17, 15) is 4.79 Å². The topological polar surface area (TPSA) is 57.0 Å². The number of carbonyl (C=O) groups excluding carboxylic acids is 1. The summed E-state index contributed by atoms with van der Waals surface area (Å²) in [7, 11) is 1.87. The van der Waals surface area contributed by atoms with Gasteiger partial charge in [-0.3, -0.25) is 0 Å². The summed E-state index contributed by atoms with van der Waals surface area (Å²) in [5.74, 6) is 0.363. The van der Waals surface area contributed by atoms with Crippen LogP contribution in [0.5, 0.6) is 0 Å². The molecule has 6 heteroatoms. The second-order valence-corrected chi connectivity index (χ2v) is 3.68. The highest BCUT2D eigenvalue weighted by atomic mass is 32.2. The van der Waals surface area contributed by atoms with Crippen molar-refractivity contribution in [2.24, 2.45) is 7.05 Å². The van der Waals surface area contributed by atoms with Crippen molar-refractivity contribution in [2.75, 3.05) is 12.4 Å². The molecule has 1 aromatic heterocycles. The first kappa shape index (κ1) is 11.8. The van der Waals surface area contributed by atoms with Crippen molar-refractivity contribution in [3.8, 4) is 0 Å². The van der Waals surface area contributed by atoms with E-state index in [4.69, 9.17) is 4.74 Å². The summed E-state index contributed by atoms with van der Waals surface area (Å²) in [5, 5.41) is 8.46. The van der Waals surface area contributed by atoms with Gasteiger partial charge < -0.3 is 9.30 Å². The van der Waals surface area contributed by atoms with E-state index in [1.807, 2.05) is 11.6 Å². The fourth-order valence-electron chi connectivity index (χ4n) is 0.861. The lowest BCUT2D eigenvalue weighted by molar-refractivity contribution is -0.137. The van der Waals surface area contributed by atoms with Crippen LogP contribution in [-0.4, -0.2) is 33.1 Å². The van der Waals surface area contributed by atoms with Gasteiger partial charge in [0.05, 0.1) is 6.61 Å². The molecule has 0 bridgehead atoms. The van der Waals surface area contributed by atoms with Crippen molar-refractivity contribution in [3.63, 3.8) is 0 Å². The van der Waals surface area contributed by atoms with Crippen molar-refractivity contribution >= 4 is 17.7 Å². The summed E-state index contributed by atoms with van der Waals surface area (Å²) >= 11 is 1.51. The van der Waals surface area contributed by atoms with E-state index in [0.29, 0.717) is 12.4 Å². The summed E-state index contributed by atoms with van der Waals surface area (Å²) in [6.07, 6.45) is 4.81. The largest absolute Gasteiger partial charge is 0.463 e. The molecule has 0 aliphatic heterocycles. The molecule has 1 heterocycles. The Labute approximate surface area is 92.5 Å². The molecule has 0 radical (unpaired) electrons. The van der Waals surface area contributed by atoms with Crippen LogP contribution in [0.4, 0.5) is 0 Å². The van der Waals surface area contributed by atoms with Crippen LogP contribution in [0.25, 0.3) is 0 Å². The third-order valence-electron chi connectivity index (χ3n) is 1.52. The number of ether oxygens (including phenoxy) is 1. The molecule has 0 atom stereocenters. The number of thioether (sulfide) groups is 1. The van der Waals surface area contributed by atoms with Crippen LogP contribution in [-0.2, 0) is 16.6 Å². The Balaban J connectivity index is 2.27. The molecule has 0 spiro atoms. The van der Waals surface area contributed by atoms with Gasteiger partial charge >= 0.3 is 5.97 Å². The summed E-state index contributed by atoms with van der Waals surface area (Å²) in [4.78, 5) is 10.9. The van der Waals surface area contributed by atoms with Crippen LogP contribution < -0.4 is 0 Å². The van der Waals surface area contributed by atoms with E-state index in [2.05, 4.69) is 10.2 Å². The lowest BCUT2D eigenvalue weighted by Crippen LogP contribution is -1.99. The van der Waals surface area contributed by atoms with Crippen molar-refractivity contribution in [1.29, 1.82) is 0 Å². The predicted molar refractivity (Wildman–Crippen MR) is 57.5 cm³/mol. The molecule has 0 aromatic carbocycles. The minimum atomic E-state index is -0.309. The van der Waals surface area contributed by atoms with Gasteiger partial charge in [-0.05, 0) is 6.92 Å². The standard InChI is InChI=1S/C9H13N3O2S/c1-3-14-8(13)5-4-6-15-9-11-10-7-12(9)2/h4-5,7H,3,6H2,1-2H3/b5-4+. The quantitative estimate of drug-likeness (QED) is 0.427. The maximum absolute atomic E-state index is 10.9. The van der Waals surface area contributed by atoms with Gasteiger partial charge in [0.2, 0.25) is 0 Å². The average Bonchev–Trinajstić information content (AvgIpc) is 2.60. The Morgan fingerprint density at radius 2 is 2.53 bits per heavy atom. The third-order valence-corrected chi connectivity index (χ3v) is 2.51. The molecule has 0 saturated heterocycles. The molecule has 15 heavy (non-hydrogen) atoms. The first-order valence-corrected chi connectivity index (χ1v) is 5.52. The molecule has 5 nitrogen and oxygen atoms in total. The Kier molecular flexibility index (Phi) is 4.89. The normalized spacial score (nSPS) is 10.8. The minimum absolute atomic E-state index is 0.309. The number of esters is 1. The molecule has 0 saturated carbocycles. The van der Waals surface area contributed by atoms with Crippen molar-refractivity contribution in [3.05, 3.63) is 18.5 Å². The molecular weight excluding hydrogens is 214 g/mol. The SMILES string of the molecule is CCOC(=O)/C=C/CSc1nncn1C. The maximum Gasteiger partial charge on any atom is 0.330 e. The molecule has 0 fully saturated rings. The lowest BCUT2D eigenvalue weighted by atomic mass is 10.5. The van der Waals surface area contributed by atoms with Gasteiger partial charge in [0.1, 0.15) is 6.33 Å². The van der Waals surface area contributed by atoms with Crippen LogP contribution in [0.1, 0.15) is 6.92 Å². The molecule has 1 rings (SSSR count). The summed E-state index contributed by atoms with van der Waals surface area (Å²) < 4.78 is 6.56. The summed E-state index contributed by atoms with van der Waals surface area (Å²) in [5.41, 5.74) is 0. The van der Waals surface area contributed by atoms with E-state index in [1.54, 1.807) is 19.3 Å². The van der Waals surface area contributed by atoms with Gasteiger partial charge in [-0.2, -0.15) is 0 Å². The molecule has 0 aliphatic rings. The Morgan fingerprint density at radius 1 is 1.73 bits per heavy atom. The third kappa shape index (κ3) is 4.16. The Bertz CT molecular complexity index is 349. The van der Waals surface area contributed by atoms with Crippen LogP contribution in [0.2, 0.25) is 0 Å². The highest BCUT2D eigenvalue weighted by Gasteiger charge is 1.99. The zero-order chi connectivity index (χ0) is 11.1. The average molecular weight is 227 g/mol. The van der Waals surface area contributed by atoms with Crippen LogP contribution in [0.3, 0.4) is 0 Å². The van der Waals surface area contributed by atoms with E-state index < -0.39 is 0 Å². The lowest BCUT2D eigenvalue weighted by Gasteiger charge is -1.96. The van der Waals surface area contributed by atoms with Crippen LogP contribution in [0, 0.1) is 0 Å². The first-order valence-electron chi connectivity index (χ1n) is 4.54. The molecule has 0 unspecified atom stereocenters. The number of hydrogen-bond acceptors (Lipinski definition) is 5. The zero-order valence-corrected chi connectivity index (χ0v) is 9.53. The van der Waals surface area contributed by atoms with Crippen LogP contribution in [0.15, 0.2) is 23.6 Å². The fraction of sp³-hybridized carbons (Fsp3) is 0.444. The smallest absolute Gasteiger partial charge is 0.330 e. The maximum atomic E-state index is 10.9. The van der Waals surface area contributed by atoms with E-state index in [1.165, 1.54) is 17.8 Å². The number of aromatic nitrogens is 3. The monoisotopic (exact) mass is 227 g/mol. The van der Waals surface area contributed by atoms with E-state index >= 15 is 0 Å². The van der Waals surface area contributed by atoms with Gasteiger partial charge in [0, 0.05) is 18.9 Å². The molecule has 0 N–H and O–H groups in total. The second kappa shape index (κ2) is 6.23. The molecule has 82 valence electrons. The van der Waals surface area contributed by atoms with Gasteiger partial charge in [-0.1, -0.05) is 17.8 Å². The molecular formula is C9H13N3O2S. The van der Waals surface area contributed by atoms with Crippen molar-refractivity contribution in [1.82, 2.24) is 14.8 Å². The highest BCUT2D eigenvalue weighted by Crippen LogP contribution is 2.12. The molecule has 0 amide bonds. The number of hydrogen-bond donors (Lipinski definition) is 0. The van der Waals surface area contributed by atoms with E-state index in [0.717, 1.165) is 5.16 Å². The van der Waals surface area contributed by atoms with Crippen LogP contribution >= 0.6 is 11.8 Å². The highest BCUT2D eigenvalue weighted by molar-refractivity contribution is 7.99. The van der Waals surface area contributed by atoms with Crippen molar-refractivity contribution in [2.45, 2.75) is 12.1 Å². The van der Waals surface area contributed by atoms with Crippen molar-refractivity contribution < 1.29 is 9.53 Å². The first-order chi connectivity index (χ1) is 7.24. The number of rotatable bonds is 5. The second-order valence-electron chi connectivity index (χ2n) is 2.69.